The van der Waals surface area contributed by atoms with E-state index in [1.165, 1.54) is 39.3 Å². The van der Waals surface area contributed by atoms with Gasteiger partial charge in [0.25, 0.3) is 0 Å². The molecule has 0 unspecified atom stereocenters. The first-order chi connectivity index (χ1) is 7.78. The third-order valence-corrected chi connectivity index (χ3v) is 5.51. The van der Waals surface area contributed by atoms with E-state index >= 15 is 0 Å². The van der Waals surface area contributed by atoms with Crippen molar-refractivity contribution >= 4 is 30.8 Å². The minimum atomic E-state index is -3.69. The lowest BCUT2D eigenvalue weighted by molar-refractivity contribution is 0.0932. The predicted molar refractivity (Wildman–Crippen MR) is 67.7 cm³/mol. The van der Waals surface area contributed by atoms with Crippen molar-refractivity contribution in [1.29, 1.82) is 0 Å². The third kappa shape index (κ3) is 2.68. The van der Waals surface area contributed by atoms with Gasteiger partial charge in [-0.15, -0.1) is 0 Å². The van der Waals surface area contributed by atoms with Crippen molar-refractivity contribution in [2.45, 2.75) is 12.3 Å². The van der Waals surface area contributed by atoms with Crippen molar-refractivity contribution < 1.29 is 18.7 Å². The van der Waals surface area contributed by atoms with Gasteiger partial charge < -0.3 is 14.2 Å². The fraction of sp³-hybridized carbons (Fsp3) is 0.400. The summed E-state index contributed by atoms with van der Waals surface area (Å²) in [5.74, 6) is 0. The smallest absolute Gasteiger partial charge is 0.365 e. The van der Waals surface area contributed by atoms with Gasteiger partial charge >= 0.3 is 7.60 Å². The summed E-state index contributed by atoms with van der Waals surface area (Å²) in [7, 11) is -1.28. The van der Waals surface area contributed by atoms with Gasteiger partial charge in [-0.05, 0) is 24.6 Å². The van der Waals surface area contributed by atoms with E-state index in [9.17, 15) is 9.67 Å². The van der Waals surface area contributed by atoms with E-state index < -0.39 is 12.9 Å². The Bertz CT molecular complexity index is 454. The van der Waals surface area contributed by atoms with Crippen molar-refractivity contribution in [1.82, 2.24) is 0 Å². The molecule has 0 saturated heterocycles. The summed E-state index contributed by atoms with van der Waals surface area (Å²) in [6.45, 7) is 1.33. The first kappa shape index (κ1) is 15.0. The largest absolute Gasteiger partial charge is 0.373 e. The second-order valence-electron chi connectivity index (χ2n) is 3.51. The zero-order valence-corrected chi connectivity index (χ0v) is 12.0. The molecule has 96 valence electrons. The summed E-state index contributed by atoms with van der Waals surface area (Å²) < 4.78 is 21.8. The fourth-order valence-corrected chi connectivity index (χ4v) is 2.99. The van der Waals surface area contributed by atoms with E-state index in [4.69, 9.17) is 32.2 Å². The molecular formula is C10H13Cl2O4P. The highest BCUT2D eigenvalue weighted by Crippen LogP contribution is 2.62. The van der Waals surface area contributed by atoms with Gasteiger partial charge in [0.15, 0.2) is 5.34 Å². The van der Waals surface area contributed by atoms with Crippen LogP contribution in [0.3, 0.4) is 0 Å². The molecule has 0 aliphatic heterocycles. The molecule has 4 nitrogen and oxygen atoms in total. The van der Waals surface area contributed by atoms with Crippen LogP contribution >= 0.6 is 30.8 Å². The Labute approximate surface area is 110 Å². The van der Waals surface area contributed by atoms with Gasteiger partial charge in [0.05, 0.1) is 10.0 Å². The fourth-order valence-electron chi connectivity index (χ4n) is 1.38. The summed E-state index contributed by atoms with van der Waals surface area (Å²) in [6, 6.07) is 4.44. The molecule has 1 N–H and O–H groups in total. The van der Waals surface area contributed by atoms with Crippen LogP contribution in [0, 0.1) is 0 Å². The molecule has 1 rings (SSSR count). The Morgan fingerprint density at radius 3 is 2.18 bits per heavy atom. The Balaban J connectivity index is 3.30. The minimum Gasteiger partial charge on any atom is -0.373 e. The molecule has 0 heterocycles. The van der Waals surface area contributed by atoms with Gasteiger partial charge in [-0.25, -0.2) is 0 Å². The van der Waals surface area contributed by atoms with E-state index in [1.807, 2.05) is 0 Å². The molecule has 0 bridgehead atoms. The molecule has 0 fully saturated rings. The van der Waals surface area contributed by atoms with Crippen molar-refractivity contribution in [3.05, 3.63) is 33.8 Å². The van der Waals surface area contributed by atoms with Crippen LogP contribution in [0.25, 0.3) is 0 Å². The lowest BCUT2D eigenvalue weighted by atomic mass is 10.1. The van der Waals surface area contributed by atoms with E-state index in [1.54, 1.807) is 0 Å². The number of rotatable bonds is 4. The van der Waals surface area contributed by atoms with E-state index in [0.717, 1.165) is 0 Å². The summed E-state index contributed by atoms with van der Waals surface area (Å²) >= 11 is 11.6. The zero-order chi connectivity index (χ0) is 13.3. The van der Waals surface area contributed by atoms with Crippen molar-refractivity contribution in [3.63, 3.8) is 0 Å². The lowest BCUT2D eigenvalue weighted by Crippen LogP contribution is -2.23. The Morgan fingerprint density at radius 2 is 1.76 bits per heavy atom. The molecule has 0 amide bonds. The van der Waals surface area contributed by atoms with Gasteiger partial charge in [0, 0.05) is 14.2 Å². The molecule has 0 aliphatic carbocycles. The first-order valence-electron chi connectivity index (χ1n) is 4.68. The topological polar surface area (TPSA) is 55.8 Å². The Kier molecular flexibility index (Phi) is 4.64. The van der Waals surface area contributed by atoms with Crippen LogP contribution in [-0.4, -0.2) is 19.3 Å². The highest BCUT2D eigenvalue weighted by Gasteiger charge is 2.46. The minimum absolute atomic E-state index is 0.253. The van der Waals surface area contributed by atoms with E-state index in [-0.39, 0.29) is 5.02 Å². The summed E-state index contributed by atoms with van der Waals surface area (Å²) in [5.41, 5.74) is 0.305. The van der Waals surface area contributed by atoms with Gasteiger partial charge in [-0.1, -0.05) is 29.3 Å². The van der Waals surface area contributed by atoms with E-state index in [2.05, 4.69) is 0 Å². The van der Waals surface area contributed by atoms with Gasteiger partial charge in [0.2, 0.25) is 0 Å². The van der Waals surface area contributed by atoms with Crippen LogP contribution in [0.4, 0.5) is 0 Å². The maximum absolute atomic E-state index is 12.2. The van der Waals surface area contributed by atoms with Crippen LogP contribution in [0.2, 0.25) is 10.0 Å². The molecule has 0 radical (unpaired) electrons. The SMILES string of the molecule is COP(=O)(OC)[C@@](C)(O)c1ccc(Cl)c(Cl)c1. The van der Waals surface area contributed by atoms with Crippen molar-refractivity contribution in [2.75, 3.05) is 14.2 Å². The second kappa shape index (κ2) is 5.27. The molecule has 17 heavy (non-hydrogen) atoms. The van der Waals surface area contributed by atoms with Gasteiger partial charge in [-0.2, -0.15) is 0 Å². The molecule has 1 aromatic carbocycles. The third-order valence-electron chi connectivity index (χ3n) is 2.48. The maximum atomic E-state index is 12.2. The number of benzene rings is 1. The second-order valence-corrected chi connectivity index (χ2v) is 6.92. The number of halogens is 2. The average Bonchev–Trinajstić information content (AvgIpc) is 2.31. The van der Waals surface area contributed by atoms with Crippen LogP contribution in [0.5, 0.6) is 0 Å². The Morgan fingerprint density at radius 1 is 1.24 bits per heavy atom. The molecular weight excluding hydrogens is 286 g/mol. The average molecular weight is 299 g/mol. The van der Waals surface area contributed by atoms with Crippen LogP contribution in [-0.2, 0) is 19.0 Å². The van der Waals surface area contributed by atoms with Crippen molar-refractivity contribution in [3.8, 4) is 0 Å². The van der Waals surface area contributed by atoms with Gasteiger partial charge in [0.1, 0.15) is 0 Å². The normalized spacial score (nSPS) is 15.6. The Hall–Kier alpha value is -0.0900. The molecule has 7 heteroatoms. The highest BCUT2D eigenvalue weighted by molar-refractivity contribution is 7.54. The van der Waals surface area contributed by atoms with Gasteiger partial charge in [-0.3, -0.25) is 4.57 Å². The standard InChI is InChI=1S/C10H13Cl2O4P/c1-10(13,17(14,15-2)16-3)7-4-5-8(11)9(12)6-7/h4-6,13H,1-3H3/t10-/m1/s1. The predicted octanol–water partition coefficient (Wildman–Crippen LogP) is 3.64. The van der Waals surface area contributed by atoms with E-state index in [0.29, 0.717) is 10.6 Å². The quantitative estimate of drug-likeness (QED) is 0.862. The van der Waals surface area contributed by atoms with Crippen LogP contribution in [0.1, 0.15) is 12.5 Å². The first-order valence-corrected chi connectivity index (χ1v) is 6.98. The molecule has 0 aromatic heterocycles. The highest BCUT2D eigenvalue weighted by atomic mass is 35.5. The van der Waals surface area contributed by atoms with Crippen LogP contribution in [0.15, 0.2) is 18.2 Å². The molecule has 1 atom stereocenters. The molecule has 0 aliphatic rings. The molecule has 0 saturated carbocycles. The zero-order valence-electron chi connectivity index (χ0n) is 9.61. The lowest BCUT2D eigenvalue weighted by Gasteiger charge is -2.30. The summed E-state index contributed by atoms with van der Waals surface area (Å²) in [4.78, 5) is 0. The summed E-state index contributed by atoms with van der Waals surface area (Å²) in [5, 5.41) is 9.10. The molecule has 1 aromatic rings. The number of aliphatic hydroxyl groups is 1. The van der Waals surface area contributed by atoms with Crippen LogP contribution < -0.4 is 0 Å². The molecule has 0 spiro atoms. The monoisotopic (exact) mass is 298 g/mol. The maximum Gasteiger partial charge on any atom is 0.365 e. The number of hydrogen-bond acceptors (Lipinski definition) is 4. The number of hydrogen-bond donors (Lipinski definition) is 1. The summed E-state index contributed by atoms with van der Waals surface area (Å²) in [6.07, 6.45) is 0. The van der Waals surface area contributed by atoms with Crippen molar-refractivity contribution in [2.24, 2.45) is 0 Å².